The molecule has 2 fully saturated rings. The van der Waals surface area contributed by atoms with Gasteiger partial charge in [-0.25, -0.2) is 0 Å². The van der Waals surface area contributed by atoms with Gasteiger partial charge in [0.2, 0.25) is 5.91 Å². The Hall–Kier alpha value is -2.59. The summed E-state index contributed by atoms with van der Waals surface area (Å²) in [6.07, 6.45) is 9.36. The summed E-state index contributed by atoms with van der Waals surface area (Å²) in [6.45, 7) is 0.980. The van der Waals surface area contributed by atoms with E-state index in [-0.39, 0.29) is 11.9 Å². The number of carbonyl (C=O) groups is 1. The smallest absolute Gasteiger partial charge is 0.244 e. The maximum Gasteiger partial charge on any atom is 0.244 e. The van der Waals surface area contributed by atoms with Crippen molar-refractivity contribution in [3.63, 3.8) is 0 Å². The van der Waals surface area contributed by atoms with E-state index in [0.717, 1.165) is 30.7 Å². The van der Waals surface area contributed by atoms with Crippen LogP contribution in [-0.4, -0.2) is 36.0 Å². The number of methoxy groups -OCH3 is 1. The van der Waals surface area contributed by atoms with Gasteiger partial charge in [-0.3, -0.25) is 9.69 Å². The summed E-state index contributed by atoms with van der Waals surface area (Å²) in [7, 11) is 1.70. The summed E-state index contributed by atoms with van der Waals surface area (Å²) in [4.78, 5) is 15.1. The second kappa shape index (κ2) is 9.27. The Morgan fingerprint density at radius 1 is 1.07 bits per heavy atom. The number of hydrogen-bond acceptors (Lipinski definition) is 3. The highest BCUT2D eigenvalue weighted by atomic mass is 16.5. The number of amides is 1. The Morgan fingerprint density at radius 3 is 2.41 bits per heavy atom. The van der Waals surface area contributed by atoms with Gasteiger partial charge in [-0.2, -0.15) is 0 Å². The Bertz CT molecular complexity index is 818. The van der Waals surface area contributed by atoms with Crippen molar-refractivity contribution in [3.8, 4) is 5.75 Å². The zero-order valence-corrected chi connectivity index (χ0v) is 17.1. The predicted molar refractivity (Wildman–Crippen MR) is 117 cm³/mol. The number of ether oxygens (including phenoxy) is 1. The molecule has 1 amide bonds. The second-order valence-electron chi connectivity index (χ2n) is 8.18. The molecule has 2 heterocycles. The fraction of sp³-hybridized carbons (Fsp3) is 0.400. The van der Waals surface area contributed by atoms with E-state index in [1.165, 1.54) is 24.8 Å². The summed E-state index contributed by atoms with van der Waals surface area (Å²) < 4.78 is 5.27. The number of rotatable bonds is 6. The van der Waals surface area contributed by atoms with E-state index in [1.807, 2.05) is 48.5 Å². The van der Waals surface area contributed by atoms with E-state index in [9.17, 15) is 4.79 Å². The second-order valence-corrected chi connectivity index (χ2v) is 8.18. The molecule has 0 aliphatic carbocycles. The highest BCUT2D eigenvalue weighted by molar-refractivity contribution is 5.91. The molecule has 2 aliphatic heterocycles. The lowest BCUT2D eigenvalue weighted by molar-refractivity contribution is -0.118. The van der Waals surface area contributed by atoms with Gasteiger partial charge in [0.25, 0.3) is 0 Å². The summed E-state index contributed by atoms with van der Waals surface area (Å²) in [6, 6.07) is 19.7. The molecule has 4 heteroatoms. The minimum atomic E-state index is 0.0144. The number of fused-ring (bicyclic) bond motifs is 2. The lowest BCUT2D eigenvalue weighted by atomic mass is 9.81. The lowest BCUT2D eigenvalue weighted by Crippen LogP contribution is -2.56. The Morgan fingerprint density at radius 2 is 1.76 bits per heavy atom. The van der Waals surface area contributed by atoms with Crippen LogP contribution in [0.3, 0.4) is 0 Å². The van der Waals surface area contributed by atoms with Gasteiger partial charge in [0.05, 0.1) is 7.11 Å². The molecule has 0 saturated carbocycles. The maximum absolute atomic E-state index is 12.4. The minimum absolute atomic E-state index is 0.0144. The number of hydrogen-bond donors (Lipinski definition) is 1. The van der Waals surface area contributed by atoms with Crippen molar-refractivity contribution in [2.75, 3.05) is 7.11 Å². The molecule has 4 nitrogen and oxygen atoms in total. The first-order valence-electron chi connectivity index (χ1n) is 10.6. The third kappa shape index (κ3) is 5.07. The zero-order chi connectivity index (χ0) is 20.1. The Labute approximate surface area is 173 Å². The first kappa shape index (κ1) is 19.7. The summed E-state index contributed by atoms with van der Waals surface area (Å²) >= 11 is 0. The molecule has 29 heavy (non-hydrogen) atoms. The van der Waals surface area contributed by atoms with Crippen LogP contribution in [0.1, 0.15) is 43.2 Å². The summed E-state index contributed by atoms with van der Waals surface area (Å²) in [5.41, 5.74) is 2.38. The average Bonchev–Trinajstić information content (AvgIpc) is 2.74. The van der Waals surface area contributed by atoms with Crippen LogP contribution in [0.5, 0.6) is 5.75 Å². The van der Waals surface area contributed by atoms with Crippen LogP contribution in [0.15, 0.2) is 60.7 Å². The van der Waals surface area contributed by atoms with Crippen LogP contribution in [0, 0.1) is 0 Å². The quantitative estimate of drug-likeness (QED) is 0.743. The lowest BCUT2D eigenvalue weighted by Gasteiger charge is -2.49. The van der Waals surface area contributed by atoms with Crippen molar-refractivity contribution in [2.45, 2.75) is 56.8 Å². The molecule has 0 spiro atoms. The van der Waals surface area contributed by atoms with E-state index in [4.69, 9.17) is 4.74 Å². The van der Waals surface area contributed by atoms with Gasteiger partial charge in [0, 0.05) is 30.7 Å². The van der Waals surface area contributed by atoms with Crippen LogP contribution in [-0.2, 0) is 11.3 Å². The van der Waals surface area contributed by atoms with Gasteiger partial charge in [-0.1, -0.05) is 48.9 Å². The molecule has 1 N–H and O–H groups in total. The van der Waals surface area contributed by atoms with Crippen LogP contribution in [0.25, 0.3) is 6.08 Å². The Balaban J connectivity index is 1.35. The van der Waals surface area contributed by atoms with Crippen molar-refractivity contribution in [1.82, 2.24) is 10.2 Å². The monoisotopic (exact) mass is 390 g/mol. The van der Waals surface area contributed by atoms with Gasteiger partial charge in [-0.15, -0.1) is 0 Å². The van der Waals surface area contributed by atoms with Crippen LogP contribution in [0.2, 0.25) is 0 Å². The van der Waals surface area contributed by atoms with Gasteiger partial charge >= 0.3 is 0 Å². The fourth-order valence-electron chi connectivity index (χ4n) is 4.78. The molecule has 152 valence electrons. The summed E-state index contributed by atoms with van der Waals surface area (Å²) in [5.74, 6) is 0.916. The molecule has 2 unspecified atom stereocenters. The number of benzene rings is 2. The number of piperidine rings is 2. The fourth-order valence-corrected chi connectivity index (χ4v) is 4.78. The van der Waals surface area contributed by atoms with E-state index in [1.54, 1.807) is 13.2 Å². The van der Waals surface area contributed by atoms with Crippen LogP contribution >= 0.6 is 0 Å². The van der Waals surface area contributed by atoms with Gasteiger partial charge < -0.3 is 10.1 Å². The molecule has 2 aromatic carbocycles. The molecule has 2 bridgehead atoms. The van der Waals surface area contributed by atoms with Crippen molar-refractivity contribution < 1.29 is 9.53 Å². The van der Waals surface area contributed by atoms with E-state index in [0.29, 0.717) is 12.1 Å². The van der Waals surface area contributed by atoms with Gasteiger partial charge in [-0.05, 0) is 55.0 Å². The summed E-state index contributed by atoms with van der Waals surface area (Å²) in [5, 5.41) is 3.25. The van der Waals surface area contributed by atoms with E-state index in [2.05, 4.69) is 22.3 Å². The standard InChI is InChI=1S/C25H30N2O2/c1-29-24-13-10-20(11-14-24)18-27-22-8-5-9-23(27)17-21(16-22)26-25(28)15-12-19-6-3-2-4-7-19/h2-4,6-7,10-15,21-23H,5,8-9,16-18H2,1H3,(H,26,28)/b15-12+. The highest BCUT2D eigenvalue weighted by Gasteiger charge is 2.38. The third-order valence-electron chi connectivity index (χ3n) is 6.22. The molecular weight excluding hydrogens is 360 g/mol. The topological polar surface area (TPSA) is 41.6 Å². The molecule has 4 rings (SSSR count). The van der Waals surface area contributed by atoms with Gasteiger partial charge in [0.15, 0.2) is 0 Å². The normalized spacial score (nSPS) is 24.4. The number of carbonyl (C=O) groups excluding carboxylic acids is 1. The van der Waals surface area contributed by atoms with Crippen LogP contribution in [0.4, 0.5) is 0 Å². The third-order valence-corrected chi connectivity index (χ3v) is 6.22. The number of nitrogens with zero attached hydrogens (tertiary/aromatic N) is 1. The average molecular weight is 391 g/mol. The molecule has 2 aromatic rings. The Kier molecular flexibility index (Phi) is 6.30. The first-order valence-corrected chi connectivity index (χ1v) is 10.6. The van der Waals surface area contributed by atoms with Crippen molar-refractivity contribution >= 4 is 12.0 Å². The largest absolute Gasteiger partial charge is 0.497 e. The molecule has 2 atom stereocenters. The van der Waals surface area contributed by atoms with E-state index < -0.39 is 0 Å². The first-order chi connectivity index (χ1) is 14.2. The van der Waals surface area contributed by atoms with E-state index >= 15 is 0 Å². The van der Waals surface area contributed by atoms with Crippen molar-refractivity contribution in [1.29, 1.82) is 0 Å². The molecule has 0 radical (unpaired) electrons. The van der Waals surface area contributed by atoms with Crippen molar-refractivity contribution in [2.24, 2.45) is 0 Å². The molecule has 0 aromatic heterocycles. The molecule has 2 aliphatic rings. The van der Waals surface area contributed by atoms with Crippen molar-refractivity contribution in [3.05, 3.63) is 71.8 Å². The maximum atomic E-state index is 12.4. The van der Waals surface area contributed by atoms with Crippen LogP contribution < -0.4 is 10.1 Å². The minimum Gasteiger partial charge on any atom is -0.497 e. The SMILES string of the molecule is COc1ccc(CN2C3CCCC2CC(NC(=O)/C=C/c2ccccc2)C3)cc1. The molecule has 2 saturated heterocycles. The highest BCUT2D eigenvalue weighted by Crippen LogP contribution is 2.35. The number of nitrogens with one attached hydrogen (secondary N) is 1. The zero-order valence-electron chi connectivity index (χ0n) is 17.1. The predicted octanol–water partition coefficient (Wildman–Crippen LogP) is 4.41. The van der Waals surface area contributed by atoms with Gasteiger partial charge in [0.1, 0.15) is 5.75 Å². The molecular formula is C25H30N2O2.